The molecule has 4 rings (SSSR count). The maximum Gasteiger partial charge on any atom is 0.514 e. The lowest BCUT2D eigenvalue weighted by atomic mass is 9.71. The highest BCUT2D eigenvalue weighted by Gasteiger charge is 2.56. The van der Waals surface area contributed by atoms with Crippen LogP contribution in [0.3, 0.4) is 0 Å². The highest BCUT2D eigenvalue weighted by molar-refractivity contribution is 6.68. The van der Waals surface area contributed by atoms with Crippen LogP contribution in [0.4, 0.5) is 0 Å². The van der Waals surface area contributed by atoms with E-state index in [1.54, 1.807) is 0 Å². The highest BCUT2D eigenvalue weighted by atomic mass is 16.7. The zero-order chi connectivity index (χ0) is 24.8. The van der Waals surface area contributed by atoms with Gasteiger partial charge in [-0.3, -0.25) is 4.98 Å². The third-order valence-corrected chi connectivity index (χ3v) is 8.40. The minimum Gasteiger partial charge on any atom is -0.399 e. The van der Waals surface area contributed by atoms with Crippen molar-refractivity contribution in [2.75, 3.05) is 0 Å². The van der Waals surface area contributed by atoms with E-state index >= 15 is 0 Å². The molecule has 3 aliphatic rings. The predicted octanol–water partition coefficient (Wildman–Crippen LogP) is 1.98. The van der Waals surface area contributed by atoms with Gasteiger partial charge in [0.1, 0.15) is 0 Å². The number of hydrogen-bond donors (Lipinski definition) is 0. The molecule has 0 unspecified atom stereocenters. The number of pyridine rings is 1. The van der Waals surface area contributed by atoms with Gasteiger partial charge in [-0.2, -0.15) is 0 Å². The summed E-state index contributed by atoms with van der Waals surface area (Å²) in [7, 11) is -1.81. The van der Waals surface area contributed by atoms with Gasteiger partial charge >= 0.3 is 21.4 Å². The summed E-state index contributed by atoms with van der Waals surface area (Å²) >= 11 is 0. The summed E-state index contributed by atoms with van der Waals surface area (Å²) in [5.74, 6) is 0. The minimum absolute atomic E-state index is 0.462. The van der Waals surface area contributed by atoms with Crippen molar-refractivity contribution in [3.8, 4) is 0 Å². The molecule has 0 aromatic carbocycles. The molecule has 180 valence electrons. The maximum atomic E-state index is 6.34. The quantitative estimate of drug-likeness (QED) is 0.644. The Kier molecular flexibility index (Phi) is 5.58. The molecule has 1 aromatic rings. The lowest BCUT2D eigenvalue weighted by Crippen LogP contribution is -2.50. The molecule has 0 amide bonds. The Hall–Kier alpha value is -0.895. The van der Waals surface area contributed by atoms with Crippen molar-refractivity contribution in [2.24, 2.45) is 0 Å². The monoisotopic (exact) mass is 457 g/mol. The highest BCUT2D eigenvalue weighted by Crippen LogP contribution is 2.39. The third-order valence-electron chi connectivity index (χ3n) is 8.40. The van der Waals surface area contributed by atoms with Crippen molar-refractivity contribution < 1.29 is 27.9 Å². The van der Waals surface area contributed by atoms with Gasteiger partial charge in [-0.05, 0) is 101 Å². The Morgan fingerprint density at radius 1 is 0.455 bits per heavy atom. The van der Waals surface area contributed by atoms with Crippen LogP contribution in [-0.2, 0) is 27.9 Å². The summed E-state index contributed by atoms with van der Waals surface area (Å²) in [6.07, 6.45) is 0. The maximum absolute atomic E-state index is 6.34. The van der Waals surface area contributed by atoms with Gasteiger partial charge in [-0.15, -0.1) is 0 Å². The van der Waals surface area contributed by atoms with Gasteiger partial charge in [-0.1, -0.05) is 0 Å². The van der Waals surface area contributed by atoms with E-state index in [2.05, 4.69) is 0 Å². The Morgan fingerprint density at radius 3 is 0.970 bits per heavy atom. The zero-order valence-corrected chi connectivity index (χ0v) is 22.3. The van der Waals surface area contributed by atoms with E-state index in [0.717, 1.165) is 5.46 Å². The van der Waals surface area contributed by atoms with Crippen molar-refractivity contribution in [1.29, 1.82) is 0 Å². The number of aromatic nitrogens is 1. The van der Waals surface area contributed by atoms with Crippen LogP contribution >= 0.6 is 0 Å². The Morgan fingerprint density at radius 2 is 0.697 bits per heavy atom. The number of nitrogens with zero attached hydrogens (tertiary/aromatic N) is 1. The Bertz CT molecular complexity index is 767. The summed E-state index contributed by atoms with van der Waals surface area (Å²) in [6.45, 7) is 24.4. The van der Waals surface area contributed by atoms with Crippen molar-refractivity contribution in [2.45, 2.75) is 117 Å². The van der Waals surface area contributed by atoms with E-state index in [0.29, 0.717) is 11.2 Å². The molecule has 0 N–H and O–H groups in total. The molecule has 1 aromatic heterocycles. The second-order valence-corrected chi connectivity index (χ2v) is 12.5. The average Bonchev–Trinajstić information content (AvgIpc) is 3.10. The molecule has 4 heterocycles. The van der Waals surface area contributed by atoms with Crippen molar-refractivity contribution in [3.63, 3.8) is 0 Å². The third kappa shape index (κ3) is 4.11. The van der Waals surface area contributed by atoms with Crippen LogP contribution in [0.15, 0.2) is 12.1 Å². The Balaban J connectivity index is 1.75. The summed E-state index contributed by atoms with van der Waals surface area (Å²) in [5.41, 5.74) is -0.733. The summed E-state index contributed by atoms with van der Waals surface area (Å²) in [5, 5.41) is 0. The van der Waals surface area contributed by atoms with Gasteiger partial charge in [0.15, 0.2) is 0 Å². The van der Waals surface area contributed by atoms with Gasteiger partial charge in [0.05, 0.1) is 44.8 Å². The second kappa shape index (κ2) is 7.31. The van der Waals surface area contributed by atoms with E-state index in [-0.39, 0.29) is 0 Å². The zero-order valence-electron chi connectivity index (χ0n) is 22.3. The molecule has 3 saturated heterocycles. The lowest BCUT2D eigenvalue weighted by molar-refractivity contribution is 0.00578. The fourth-order valence-electron chi connectivity index (χ4n) is 3.88. The van der Waals surface area contributed by atoms with E-state index < -0.39 is 55.0 Å². The first-order chi connectivity index (χ1) is 14.8. The molecule has 0 aliphatic carbocycles. The van der Waals surface area contributed by atoms with Crippen LogP contribution in [0, 0.1) is 0 Å². The largest absolute Gasteiger partial charge is 0.514 e. The van der Waals surface area contributed by atoms with Crippen LogP contribution in [0.1, 0.15) is 83.1 Å². The van der Waals surface area contributed by atoms with Gasteiger partial charge < -0.3 is 27.9 Å². The first-order valence-corrected chi connectivity index (χ1v) is 11.9. The fourth-order valence-corrected chi connectivity index (χ4v) is 3.88. The van der Waals surface area contributed by atoms with Gasteiger partial charge in [0, 0.05) is 0 Å². The van der Waals surface area contributed by atoms with Gasteiger partial charge in [0.25, 0.3) is 0 Å². The molecule has 3 fully saturated rings. The summed E-state index contributed by atoms with van der Waals surface area (Å²) in [4.78, 5) is 4.89. The van der Waals surface area contributed by atoms with E-state index in [1.165, 1.54) is 0 Å². The van der Waals surface area contributed by atoms with Gasteiger partial charge in [-0.25, -0.2) is 0 Å². The van der Waals surface area contributed by atoms with Crippen LogP contribution in [0.2, 0.25) is 0 Å². The van der Waals surface area contributed by atoms with Crippen molar-refractivity contribution in [1.82, 2.24) is 4.98 Å². The topological polar surface area (TPSA) is 68.3 Å². The van der Waals surface area contributed by atoms with Crippen molar-refractivity contribution in [3.05, 3.63) is 12.1 Å². The molecular formula is C23H38B3NO6. The van der Waals surface area contributed by atoms with E-state index in [4.69, 9.17) is 32.9 Å². The average molecular weight is 457 g/mol. The SMILES string of the molecule is CC1(C)OB(c2cc(B3OC(C)(C)C(C)(C)O3)nc(B3OC(C)(C)C(C)(C)O3)c2)OC1(C)C. The second-order valence-electron chi connectivity index (χ2n) is 12.5. The normalized spacial score (nSPS) is 28.5. The van der Waals surface area contributed by atoms with E-state index in [1.807, 2.05) is 95.2 Å². The smallest absolute Gasteiger partial charge is 0.399 e. The number of hydrogen-bond acceptors (Lipinski definition) is 7. The minimum atomic E-state index is -0.626. The van der Waals surface area contributed by atoms with Crippen molar-refractivity contribution >= 4 is 38.0 Å². The van der Waals surface area contributed by atoms with Crippen LogP contribution in [0.5, 0.6) is 0 Å². The predicted molar refractivity (Wildman–Crippen MR) is 131 cm³/mol. The molecule has 0 radical (unpaired) electrons. The lowest BCUT2D eigenvalue weighted by Gasteiger charge is -2.32. The molecule has 10 heteroatoms. The molecular weight excluding hydrogens is 419 g/mol. The first-order valence-electron chi connectivity index (χ1n) is 11.9. The molecule has 7 nitrogen and oxygen atoms in total. The molecule has 0 bridgehead atoms. The molecule has 0 saturated carbocycles. The van der Waals surface area contributed by atoms with Crippen LogP contribution < -0.4 is 16.6 Å². The van der Waals surface area contributed by atoms with Crippen LogP contribution in [0.25, 0.3) is 0 Å². The standard InChI is InChI=1S/C23H38B3NO6/c1-18(2)19(3,4)29-24(28-18)15-13-16(25-30-20(5,6)21(7,8)31-25)27-17(14-15)26-32-22(9,10)23(11,12)33-26/h13-14H,1-12H3. The molecule has 33 heavy (non-hydrogen) atoms. The molecule has 3 aliphatic heterocycles. The van der Waals surface area contributed by atoms with Crippen LogP contribution in [-0.4, -0.2) is 59.9 Å². The molecule has 0 atom stereocenters. The summed E-state index contributed by atoms with van der Waals surface area (Å²) in [6, 6.07) is 3.89. The fraction of sp³-hybridized carbons (Fsp3) is 0.783. The first kappa shape index (κ1) is 25.2. The summed E-state index contributed by atoms with van der Waals surface area (Å²) < 4.78 is 37.9. The number of rotatable bonds is 3. The Labute approximate surface area is 200 Å². The van der Waals surface area contributed by atoms with E-state index in [9.17, 15) is 0 Å². The molecule has 0 spiro atoms. The van der Waals surface area contributed by atoms with Gasteiger partial charge in [0.2, 0.25) is 0 Å².